The van der Waals surface area contributed by atoms with E-state index in [9.17, 15) is 0 Å². The fraction of sp³-hybridized carbons (Fsp3) is 0.800. The number of nitrogens with zero attached hydrogens (tertiary/aromatic N) is 2. The summed E-state index contributed by atoms with van der Waals surface area (Å²) in [6, 6.07) is 0. The molecule has 0 amide bonds. The van der Waals surface area contributed by atoms with E-state index in [1.807, 2.05) is 10.9 Å². The molecule has 4 heteroatoms. The van der Waals surface area contributed by atoms with Gasteiger partial charge in [0.2, 0.25) is 0 Å². The summed E-state index contributed by atoms with van der Waals surface area (Å²) < 4.78 is 7.95. The lowest BCUT2D eigenvalue weighted by molar-refractivity contribution is -0.00314. The van der Waals surface area contributed by atoms with Gasteiger partial charge in [-0.25, -0.2) is 0 Å². The van der Waals surface area contributed by atoms with Gasteiger partial charge in [0.15, 0.2) is 0 Å². The lowest BCUT2D eigenvalue weighted by Crippen LogP contribution is -2.30. The summed E-state index contributed by atoms with van der Waals surface area (Å²) in [5.41, 5.74) is 1.22. The van der Waals surface area contributed by atoms with Crippen molar-refractivity contribution in [3.8, 4) is 0 Å². The highest BCUT2D eigenvalue weighted by molar-refractivity contribution is 4.99. The van der Waals surface area contributed by atoms with Crippen molar-refractivity contribution in [2.75, 3.05) is 19.7 Å². The van der Waals surface area contributed by atoms with Crippen LogP contribution in [0.1, 0.15) is 38.2 Å². The molecular weight excluding hydrogens is 238 g/mol. The molecule has 0 saturated heterocycles. The molecule has 1 aromatic heterocycles. The Morgan fingerprint density at radius 2 is 2.21 bits per heavy atom. The van der Waals surface area contributed by atoms with Crippen molar-refractivity contribution in [3.05, 3.63) is 18.0 Å². The third-order valence-corrected chi connectivity index (χ3v) is 3.92. The van der Waals surface area contributed by atoms with E-state index >= 15 is 0 Å². The Kier molecular flexibility index (Phi) is 5.86. The molecule has 2 atom stereocenters. The lowest BCUT2D eigenvalue weighted by atomic mass is 9.88. The lowest BCUT2D eigenvalue weighted by Gasteiger charge is -2.28. The third-order valence-electron chi connectivity index (χ3n) is 3.92. The monoisotopic (exact) mass is 265 g/mol. The highest BCUT2D eigenvalue weighted by Crippen LogP contribution is 2.25. The van der Waals surface area contributed by atoms with Gasteiger partial charge in [-0.3, -0.25) is 4.68 Å². The van der Waals surface area contributed by atoms with Gasteiger partial charge >= 0.3 is 0 Å². The first-order valence-electron chi connectivity index (χ1n) is 7.57. The minimum Gasteiger partial charge on any atom is -0.377 e. The first-order valence-corrected chi connectivity index (χ1v) is 7.57. The van der Waals surface area contributed by atoms with Gasteiger partial charge in [0.05, 0.1) is 25.5 Å². The van der Waals surface area contributed by atoms with Gasteiger partial charge in [0, 0.05) is 19.3 Å². The van der Waals surface area contributed by atoms with Crippen molar-refractivity contribution in [2.45, 2.75) is 52.2 Å². The Labute approximate surface area is 116 Å². The maximum Gasteiger partial charge on any atom is 0.0601 e. The van der Waals surface area contributed by atoms with Crippen LogP contribution in [0.2, 0.25) is 0 Å². The second kappa shape index (κ2) is 7.65. The van der Waals surface area contributed by atoms with Crippen molar-refractivity contribution < 1.29 is 4.74 Å². The molecule has 1 fully saturated rings. The molecular formula is C15H27N3O. The van der Waals surface area contributed by atoms with Crippen LogP contribution in [-0.4, -0.2) is 35.6 Å². The minimum absolute atomic E-state index is 0.490. The SMILES string of the molecule is Cc1cnn(CCNCCO[C@H]2CCCC[C@H]2C)c1. The van der Waals surface area contributed by atoms with Crippen LogP contribution >= 0.6 is 0 Å². The second-order valence-corrected chi connectivity index (χ2v) is 5.70. The number of hydrogen-bond acceptors (Lipinski definition) is 3. The summed E-state index contributed by atoms with van der Waals surface area (Å²) in [4.78, 5) is 0. The van der Waals surface area contributed by atoms with Gasteiger partial charge in [-0.1, -0.05) is 19.8 Å². The highest BCUT2D eigenvalue weighted by Gasteiger charge is 2.21. The molecule has 1 heterocycles. The van der Waals surface area contributed by atoms with Crippen LogP contribution in [0.3, 0.4) is 0 Å². The number of ether oxygens (including phenoxy) is 1. The van der Waals surface area contributed by atoms with Crippen molar-refractivity contribution in [3.63, 3.8) is 0 Å². The predicted octanol–water partition coefficient (Wildman–Crippen LogP) is 2.38. The zero-order valence-electron chi connectivity index (χ0n) is 12.3. The van der Waals surface area contributed by atoms with Crippen molar-refractivity contribution >= 4 is 0 Å². The molecule has 1 aliphatic rings. The normalized spacial score (nSPS) is 23.7. The molecule has 0 bridgehead atoms. The quantitative estimate of drug-likeness (QED) is 0.769. The van der Waals surface area contributed by atoms with Crippen LogP contribution in [0.15, 0.2) is 12.4 Å². The molecule has 1 aromatic rings. The molecule has 0 aromatic carbocycles. The zero-order valence-corrected chi connectivity index (χ0v) is 12.3. The molecule has 0 unspecified atom stereocenters. The van der Waals surface area contributed by atoms with Crippen molar-refractivity contribution in [1.29, 1.82) is 0 Å². The van der Waals surface area contributed by atoms with Crippen LogP contribution in [0.25, 0.3) is 0 Å². The van der Waals surface area contributed by atoms with Gasteiger partial charge in [-0.15, -0.1) is 0 Å². The van der Waals surface area contributed by atoms with E-state index in [1.165, 1.54) is 31.2 Å². The molecule has 1 aliphatic carbocycles. The summed E-state index contributed by atoms with van der Waals surface area (Å²) in [7, 11) is 0. The van der Waals surface area contributed by atoms with Crippen LogP contribution < -0.4 is 5.32 Å². The summed E-state index contributed by atoms with van der Waals surface area (Å²) in [6.45, 7) is 8.02. The molecule has 1 N–H and O–H groups in total. The molecule has 0 aliphatic heterocycles. The Balaban J connectivity index is 1.50. The first kappa shape index (κ1) is 14.5. The van der Waals surface area contributed by atoms with Gasteiger partial charge in [0.25, 0.3) is 0 Å². The Morgan fingerprint density at radius 3 is 2.95 bits per heavy atom. The van der Waals surface area contributed by atoms with Gasteiger partial charge in [-0.05, 0) is 31.2 Å². The minimum atomic E-state index is 0.490. The largest absolute Gasteiger partial charge is 0.377 e. The maximum absolute atomic E-state index is 5.97. The Hall–Kier alpha value is -0.870. The standard InChI is InChI=1S/C15H27N3O/c1-13-11-17-18(12-13)9-7-16-8-10-19-15-6-4-3-5-14(15)2/h11-12,14-16H,3-10H2,1-2H3/t14-,15+/m1/s1. The summed E-state index contributed by atoms with van der Waals surface area (Å²) in [5.74, 6) is 0.737. The molecule has 0 radical (unpaired) electrons. The van der Waals surface area contributed by atoms with E-state index in [1.54, 1.807) is 0 Å². The average Bonchev–Trinajstić information content (AvgIpc) is 2.81. The number of rotatable bonds is 7. The second-order valence-electron chi connectivity index (χ2n) is 5.70. The van der Waals surface area contributed by atoms with E-state index in [0.717, 1.165) is 32.2 Å². The molecule has 1 saturated carbocycles. The van der Waals surface area contributed by atoms with E-state index in [0.29, 0.717) is 6.10 Å². The van der Waals surface area contributed by atoms with E-state index in [-0.39, 0.29) is 0 Å². The Bertz CT molecular complexity index is 364. The first-order chi connectivity index (χ1) is 9.25. The van der Waals surface area contributed by atoms with Crippen molar-refractivity contribution in [1.82, 2.24) is 15.1 Å². The third kappa shape index (κ3) is 4.96. The van der Waals surface area contributed by atoms with Crippen LogP contribution in [0, 0.1) is 12.8 Å². The molecule has 4 nitrogen and oxygen atoms in total. The molecule has 19 heavy (non-hydrogen) atoms. The number of hydrogen-bond donors (Lipinski definition) is 1. The smallest absolute Gasteiger partial charge is 0.0601 e. The maximum atomic E-state index is 5.97. The fourth-order valence-electron chi connectivity index (χ4n) is 2.72. The number of nitrogens with one attached hydrogen (secondary N) is 1. The summed E-state index contributed by atoms with van der Waals surface area (Å²) >= 11 is 0. The number of aromatic nitrogens is 2. The number of aryl methyl sites for hydroxylation is 1. The molecule has 108 valence electrons. The fourth-order valence-corrected chi connectivity index (χ4v) is 2.72. The van der Waals surface area contributed by atoms with Crippen molar-refractivity contribution in [2.24, 2.45) is 5.92 Å². The zero-order chi connectivity index (χ0) is 13.5. The van der Waals surface area contributed by atoms with Crippen LogP contribution in [-0.2, 0) is 11.3 Å². The van der Waals surface area contributed by atoms with Crippen LogP contribution in [0.4, 0.5) is 0 Å². The predicted molar refractivity (Wildman–Crippen MR) is 77.2 cm³/mol. The topological polar surface area (TPSA) is 39.1 Å². The highest BCUT2D eigenvalue weighted by atomic mass is 16.5. The summed E-state index contributed by atoms with van der Waals surface area (Å²) in [6.07, 6.45) is 9.74. The van der Waals surface area contributed by atoms with E-state index in [2.05, 4.69) is 30.5 Å². The van der Waals surface area contributed by atoms with Gasteiger partial charge < -0.3 is 10.1 Å². The molecule has 2 rings (SSSR count). The molecule has 0 spiro atoms. The van der Waals surface area contributed by atoms with Crippen LogP contribution in [0.5, 0.6) is 0 Å². The Morgan fingerprint density at radius 1 is 1.37 bits per heavy atom. The van der Waals surface area contributed by atoms with E-state index < -0.39 is 0 Å². The average molecular weight is 265 g/mol. The summed E-state index contributed by atoms with van der Waals surface area (Å²) in [5, 5.41) is 7.67. The van der Waals surface area contributed by atoms with Gasteiger partial charge in [0.1, 0.15) is 0 Å². The van der Waals surface area contributed by atoms with E-state index in [4.69, 9.17) is 4.74 Å². The van der Waals surface area contributed by atoms with Gasteiger partial charge in [-0.2, -0.15) is 5.10 Å².